The summed E-state index contributed by atoms with van der Waals surface area (Å²) in [4.78, 5) is 24.7. The van der Waals surface area contributed by atoms with Crippen molar-refractivity contribution in [3.8, 4) is 17.3 Å². The van der Waals surface area contributed by atoms with Crippen LogP contribution in [0.25, 0.3) is 5.69 Å². The molecule has 0 saturated heterocycles. The Kier molecular flexibility index (Phi) is 8.88. The molecule has 1 aromatic heterocycles. The monoisotopic (exact) mass is 513 g/mol. The summed E-state index contributed by atoms with van der Waals surface area (Å²) in [7, 11) is 0. The number of benzene rings is 2. The zero-order valence-corrected chi connectivity index (χ0v) is 21.3. The van der Waals surface area contributed by atoms with Crippen molar-refractivity contribution in [2.45, 2.75) is 45.8 Å². The molecule has 0 spiro atoms. The quantitative estimate of drug-likeness (QED) is 0.333. The molecule has 0 fully saturated rings. The molecule has 198 valence electrons. The van der Waals surface area contributed by atoms with Crippen LogP contribution in [-0.4, -0.2) is 50.7 Å². The van der Waals surface area contributed by atoms with Gasteiger partial charge in [0.25, 0.3) is 5.91 Å². The first-order valence-electron chi connectivity index (χ1n) is 12.0. The van der Waals surface area contributed by atoms with Crippen molar-refractivity contribution in [3.05, 3.63) is 71.7 Å². The molecule has 1 amide bonds. The van der Waals surface area contributed by atoms with Crippen LogP contribution in [0.2, 0.25) is 0 Å². The van der Waals surface area contributed by atoms with Gasteiger partial charge in [-0.25, -0.2) is 4.39 Å². The summed E-state index contributed by atoms with van der Waals surface area (Å²) in [6, 6.07) is 13.1. The van der Waals surface area contributed by atoms with Gasteiger partial charge < -0.3 is 25.0 Å². The minimum absolute atomic E-state index is 0.0482. The highest BCUT2D eigenvalue weighted by atomic mass is 19.1. The maximum Gasteiger partial charge on any atom is 0.305 e. The van der Waals surface area contributed by atoms with Crippen LogP contribution < -0.4 is 14.8 Å². The molecule has 1 heterocycles. The Morgan fingerprint density at radius 3 is 2.41 bits per heavy atom. The highest BCUT2D eigenvalue weighted by Gasteiger charge is 2.28. The molecule has 3 rings (SSSR count). The molecule has 0 aliphatic carbocycles. The number of carboxylic acids is 1. The van der Waals surface area contributed by atoms with E-state index < -0.39 is 29.3 Å². The van der Waals surface area contributed by atoms with Gasteiger partial charge in [0.1, 0.15) is 23.9 Å². The van der Waals surface area contributed by atoms with Gasteiger partial charge in [0.15, 0.2) is 5.69 Å². The molecular weight excluding hydrogens is 481 g/mol. The number of nitrogens with one attached hydrogen (secondary N) is 1. The molecule has 2 aromatic carbocycles. The van der Waals surface area contributed by atoms with E-state index in [-0.39, 0.29) is 36.2 Å². The Morgan fingerprint density at radius 2 is 1.81 bits per heavy atom. The molecule has 0 aliphatic heterocycles. The summed E-state index contributed by atoms with van der Waals surface area (Å²) in [5.74, 6) is -1.82. The average Bonchev–Trinajstić information content (AvgIpc) is 3.27. The fraction of sp³-hybridized carbons (Fsp3) is 0.370. The number of aliphatic hydroxyl groups is 1. The lowest BCUT2D eigenvalue weighted by Crippen LogP contribution is -2.38. The van der Waals surface area contributed by atoms with Crippen molar-refractivity contribution < 1.29 is 33.7 Å². The minimum atomic E-state index is -1.19. The van der Waals surface area contributed by atoms with Gasteiger partial charge in [-0.05, 0) is 49.6 Å². The number of aromatic nitrogens is 2. The van der Waals surface area contributed by atoms with Crippen LogP contribution >= 0.6 is 0 Å². The van der Waals surface area contributed by atoms with Crippen molar-refractivity contribution in [1.82, 2.24) is 15.1 Å². The molecule has 3 aromatic rings. The predicted molar refractivity (Wildman–Crippen MR) is 135 cm³/mol. The van der Waals surface area contributed by atoms with E-state index in [4.69, 9.17) is 9.47 Å². The van der Waals surface area contributed by atoms with E-state index in [0.717, 1.165) is 4.68 Å². The highest BCUT2D eigenvalue weighted by molar-refractivity contribution is 5.93. The molecule has 10 heteroatoms. The van der Waals surface area contributed by atoms with Crippen molar-refractivity contribution in [2.75, 3.05) is 13.2 Å². The largest absolute Gasteiger partial charge is 0.494 e. The molecule has 0 bridgehead atoms. The number of carbonyl (C=O) groups is 2. The number of carboxylic acid groups (broad SMARTS) is 1. The zero-order valence-electron chi connectivity index (χ0n) is 21.3. The Bertz CT molecular complexity index is 1220. The van der Waals surface area contributed by atoms with E-state index in [9.17, 15) is 24.2 Å². The predicted octanol–water partition coefficient (Wildman–Crippen LogP) is 4.14. The molecule has 9 nitrogen and oxygen atoms in total. The number of ether oxygens (including phenoxy) is 2. The molecule has 37 heavy (non-hydrogen) atoms. The van der Waals surface area contributed by atoms with Crippen LogP contribution in [0.1, 0.15) is 56.2 Å². The molecule has 3 N–H and O–H groups in total. The average molecular weight is 514 g/mol. The summed E-state index contributed by atoms with van der Waals surface area (Å²) in [6.07, 6.45) is -0.367. The van der Waals surface area contributed by atoms with Crippen LogP contribution in [0.4, 0.5) is 4.39 Å². The number of amides is 1. The second-order valence-corrected chi connectivity index (χ2v) is 9.16. The Morgan fingerprint density at radius 1 is 1.14 bits per heavy atom. The van der Waals surface area contributed by atoms with Gasteiger partial charge in [0.2, 0.25) is 5.88 Å². The first-order chi connectivity index (χ1) is 17.5. The van der Waals surface area contributed by atoms with Gasteiger partial charge in [-0.3, -0.25) is 9.59 Å². The van der Waals surface area contributed by atoms with Gasteiger partial charge in [-0.2, -0.15) is 9.78 Å². The Hall–Kier alpha value is -3.92. The van der Waals surface area contributed by atoms with E-state index >= 15 is 0 Å². The number of hydrogen-bond acceptors (Lipinski definition) is 6. The first kappa shape index (κ1) is 27.7. The second kappa shape index (κ2) is 11.9. The van der Waals surface area contributed by atoms with Crippen LogP contribution in [0.5, 0.6) is 11.6 Å². The molecule has 0 saturated carbocycles. The van der Waals surface area contributed by atoms with Gasteiger partial charge in [0.05, 0.1) is 24.7 Å². The normalized spacial score (nSPS) is 13.6. The third kappa shape index (κ3) is 7.07. The number of halogens is 1. The Labute approximate surface area is 214 Å². The maximum atomic E-state index is 14.6. The third-order valence-corrected chi connectivity index (χ3v) is 6.02. The number of para-hydroxylation sites is 1. The minimum Gasteiger partial charge on any atom is -0.494 e. The lowest BCUT2D eigenvalue weighted by Gasteiger charge is -2.27. The lowest BCUT2D eigenvalue weighted by molar-refractivity contribution is -0.137. The second-order valence-electron chi connectivity index (χ2n) is 9.16. The molecule has 0 radical (unpaired) electrons. The SMILES string of the molecule is CCOc1ccc(C(CC(=O)O)NC(=O)c2cc(OCC(C)(O)C(C)C)n(-c3ccccc3F)n2)cc1. The Balaban J connectivity index is 1.92. The topological polar surface area (TPSA) is 123 Å². The maximum absolute atomic E-state index is 14.6. The number of aliphatic carboxylic acids is 1. The summed E-state index contributed by atoms with van der Waals surface area (Å²) >= 11 is 0. The van der Waals surface area contributed by atoms with E-state index in [2.05, 4.69) is 10.4 Å². The van der Waals surface area contributed by atoms with Crippen LogP contribution in [0.15, 0.2) is 54.6 Å². The first-order valence-corrected chi connectivity index (χ1v) is 12.0. The van der Waals surface area contributed by atoms with Crippen LogP contribution in [-0.2, 0) is 4.79 Å². The van der Waals surface area contributed by atoms with Crippen molar-refractivity contribution >= 4 is 11.9 Å². The van der Waals surface area contributed by atoms with Crippen molar-refractivity contribution in [1.29, 1.82) is 0 Å². The summed E-state index contributed by atoms with van der Waals surface area (Å²) in [6.45, 7) is 7.49. The molecule has 2 atom stereocenters. The van der Waals surface area contributed by atoms with Crippen LogP contribution in [0.3, 0.4) is 0 Å². The number of hydrogen-bond donors (Lipinski definition) is 3. The molecular formula is C27H32FN3O6. The third-order valence-electron chi connectivity index (χ3n) is 6.02. The van der Waals surface area contributed by atoms with E-state index in [1.807, 2.05) is 20.8 Å². The summed E-state index contributed by atoms with van der Waals surface area (Å²) < 4.78 is 26.9. The summed E-state index contributed by atoms with van der Waals surface area (Å²) in [5.41, 5.74) is -0.678. The van der Waals surface area contributed by atoms with E-state index in [1.165, 1.54) is 24.3 Å². The number of nitrogens with zero attached hydrogens (tertiary/aromatic N) is 2. The smallest absolute Gasteiger partial charge is 0.305 e. The van der Waals surface area contributed by atoms with Gasteiger partial charge in [-0.15, -0.1) is 0 Å². The lowest BCUT2D eigenvalue weighted by atomic mass is 9.94. The van der Waals surface area contributed by atoms with Gasteiger partial charge in [0, 0.05) is 6.07 Å². The fourth-order valence-electron chi connectivity index (χ4n) is 3.38. The number of rotatable bonds is 12. The standard InChI is InChI=1S/C27H32FN3O6/c1-5-36-19-12-10-18(11-13-19)21(15-25(32)33)29-26(34)22-14-24(37-16-27(4,35)17(2)3)31(30-22)23-9-7-6-8-20(23)28/h6-14,17,21,35H,5,15-16H2,1-4H3,(H,29,34)(H,32,33). The van der Waals surface area contributed by atoms with Crippen LogP contribution in [0, 0.1) is 11.7 Å². The molecule has 0 aliphatic rings. The van der Waals surface area contributed by atoms with Crippen molar-refractivity contribution in [2.24, 2.45) is 5.92 Å². The van der Waals surface area contributed by atoms with Gasteiger partial charge >= 0.3 is 5.97 Å². The number of carbonyl (C=O) groups excluding carboxylic acids is 1. The van der Waals surface area contributed by atoms with E-state index in [0.29, 0.717) is 17.9 Å². The van der Waals surface area contributed by atoms with Crippen molar-refractivity contribution in [3.63, 3.8) is 0 Å². The van der Waals surface area contributed by atoms with Gasteiger partial charge in [-0.1, -0.05) is 38.1 Å². The molecule has 2 unspecified atom stereocenters. The fourth-order valence-corrected chi connectivity index (χ4v) is 3.38. The zero-order chi connectivity index (χ0) is 27.2. The summed E-state index contributed by atoms with van der Waals surface area (Å²) in [5, 5.41) is 26.9. The van der Waals surface area contributed by atoms with E-state index in [1.54, 1.807) is 37.3 Å². The highest BCUT2D eigenvalue weighted by Crippen LogP contribution is 2.26.